The van der Waals surface area contributed by atoms with E-state index in [9.17, 15) is 14.0 Å². The van der Waals surface area contributed by atoms with Gasteiger partial charge in [-0.15, -0.1) is 0 Å². The summed E-state index contributed by atoms with van der Waals surface area (Å²) >= 11 is 0. The number of benzene rings is 2. The van der Waals surface area contributed by atoms with Crippen LogP contribution in [0.5, 0.6) is 0 Å². The molecule has 2 aromatic carbocycles. The van der Waals surface area contributed by atoms with E-state index in [2.05, 4.69) is 5.32 Å². The SMILES string of the molecule is CNC1CCN(C(=O)c2ccccc2C(=O)c2ccc(F)cc2)CC1. The molecule has 1 aliphatic rings. The van der Waals surface area contributed by atoms with E-state index in [-0.39, 0.29) is 11.7 Å². The summed E-state index contributed by atoms with van der Waals surface area (Å²) in [7, 11) is 1.93. The summed E-state index contributed by atoms with van der Waals surface area (Å²) in [4.78, 5) is 27.5. The number of ketones is 1. The number of carbonyl (C=O) groups is 2. The maximum Gasteiger partial charge on any atom is 0.254 e. The third kappa shape index (κ3) is 3.77. The van der Waals surface area contributed by atoms with Crippen LogP contribution in [0.25, 0.3) is 0 Å². The van der Waals surface area contributed by atoms with Gasteiger partial charge in [-0.3, -0.25) is 9.59 Å². The first-order valence-corrected chi connectivity index (χ1v) is 8.46. The third-order valence-electron chi connectivity index (χ3n) is 4.70. The van der Waals surface area contributed by atoms with Gasteiger partial charge in [0, 0.05) is 30.3 Å². The molecule has 0 unspecified atom stereocenters. The van der Waals surface area contributed by atoms with E-state index in [4.69, 9.17) is 0 Å². The second-order valence-electron chi connectivity index (χ2n) is 6.24. The predicted octanol–water partition coefficient (Wildman–Crippen LogP) is 2.88. The number of amides is 1. The minimum atomic E-state index is -0.395. The maximum absolute atomic E-state index is 13.1. The lowest BCUT2D eigenvalue weighted by atomic mass is 9.96. The average Bonchev–Trinajstić information content (AvgIpc) is 2.67. The zero-order valence-corrected chi connectivity index (χ0v) is 14.2. The Bertz CT molecular complexity index is 766. The number of nitrogens with one attached hydrogen (secondary N) is 1. The molecule has 1 heterocycles. The lowest BCUT2D eigenvalue weighted by Gasteiger charge is -2.32. The fourth-order valence-electron chi connectivity index (χ4n) is 3.17. The lowest BCUT2D eigenvalue weighted by molar-refractivity contribution is 0.0703. The van der Waals surface area contributed by atoms with Crippen molar-refractivity contribution in [3.05, 3.63) is 71.0 Å². The number of likely N-dealkylation sites (tertiary alicyclic amines) is 1. The van der Waals surface area contributed by atoms with Crippen LogP contribution in [-0.4, -0.2) is 42.8 Å². The van der Waals surface area contributed by atoms with E-state index in [1.54, 1.807) is 29.2 Å². The van der Waals surface area contributed by atoms with Crippen molar-refractivity contribution in [3.8, 4) is 0 Å². The molecule has 0 bridgehead atoms. The summed E-state index contributed by atoms with van der Waals surface area (Å²) in [6.07, 6.45) is 1.80. The van der Waals surface area contributed by atoms with Gasteiger partial charge in [-0.05, 0) is 50.2 Å². The molecule has 0 saturated carbocycles. The zero-order chi connectivity index (χ0) is 17.8. The van der Waals surface area contributed by atoms with Gasteiger partial charge in [0.1, 0.15) is 5.82 Å². The first kappa shape index (κ1) is 17.3. The van der Waals surface area contributed by atoms with Crippen molar-refractivity contribution in [2.45, 2.75) is 18.9 Å². The Hall–Kier alpha value is -2.53. The van der Waals surface area contributed by atoms with Crippen molar-refractivity contribution in [2.75, 3.05) is 20.1 Å². The molecule has 4 nitrogen and oxygen atoms in total. The van der Waals surface area contributed by atoms with E-state index in [0.29, 0.717) is 35.8 Å². The van der Waals surface area contributed by atoms with Crippen LogP contribution in [0.3, 0.4) is 0 Å². The minimum Gasteiger partial charge on any atom is -0.339 e. The van der Waals surface area contributed by atoms with Gasteiger partial charge in [-0.1, -0.05) is 18.2 Å². The monoisotopic (exact) mass is 340 g/mol. The number of nitrogens with zero attached hydrogens (tertiary/aromatic N) is 1. The van der Waals surface area contributed by atoms with Crippen molar-refractivity contribution in [2.24, 2.45) is 0 Å². The highest BCUT2D eigenvalue weighted by atomic mass is 19.1. The molecule has 0 aliphatic carbocycles. The molecule has 5 heteroatoms. The predicted molar refractivity (Wildman–Crippen MR) is 94.3 cm³/mol. The number of carbonyl (C=O) groups excluding carboxylic acids is 2. The molecule has 1 amide bonds. The fraction of sp³-hybridized carbons (Fsp3) is 0.300. The summed E-state index contributed by atoms with van der Waals surface area (Å²) in [6, 6.07) is 12.6. The fourth-order valence-corrected chi connectivity index (χ4v) is 3.17. The average molecular weight is 340 g/mol. The highest BCUT2D eigenvalue weighted by molar-refractivity contribution is 6.15. The van der Waals surface area contributed by atoms with Crippen LogP contribution >= 0.6 is 0 Å². The van der Waals surface area contributed by atoms with Gasteiger partial charge in [-0.2, -0.15) is 0 Å². The summed E-state index contributed by atoms with van der Waals surface area (Å²) < 4.78 is 13.1. The smallest absolute Gasteiger partial charge is 0.254 e. The standard InChI is InChI=1S/C20H21FN2O2/c1-22-16-10-12-23(13-11-16)20(25)18-5-3-2-4-17(18)19(24)14-6-8-15(21)9-7-14/h2-9,16,22H,10-13H2,1H3. The van der Waals surface area contributed by atoms with Crippen LogP contribution in [0.15, 0.2) is 48.5 Å². The third-order valence-corrected chi connectivity index (χ3v) is 4.70. The molecule has 1 fully saturated rings. The van der Waals surface area contributed by atoms with Gasteiger partial charge in [0.2, 0.25) is 0 Å². The van der Waals surface area contributed by atoms with E-state index in [1.165, 1.54) is 24.3 Å². The van der Waals surface area contributed by atoms with Crippen LogP contribution in [-0.2, 0) is 0 Å². The largest absolute Gasteiger partial charge is 0.339 e. The van der Waals surface area contributed by atoms with Crippen molar-refractivity contribution in [1.82, 2.24) is 10.2 Å². The number of halogens is 1. The van der Waals surface area contributed by atoms with Gasteiger partial charge in [0.05, 0.1) is 5.56 Å². The van der Waals surface area contributed by atoms with Crippen molar-refractivity contribution >= 4 is 11.7 Å². The number of piperidine rings is 1. The molecular formula is C20H21FN2O2. The van der Waals surface area contributed by atoms with Crippen LogP contribution in [0.4, 0.5) is 4.39 Å². The lowest BCUT2D eigenvalue weighted by Crippen LogP contribution is -2.44. The molecular weight excluding hydrogens is 319 g/mol. The van der Waals surface area contributed by atoms with Gasteiger partial charge >= 0.3 is 0 Å². The summed E-state index contributed by atoms with van der Waals surface area (Å²) in [5.41, 5.74) is 1.13. The summed E-state index contributed by atoms with van der Waals surface area (Å²) in [5.74, 6) is -0.789. The Balaban J connectivity index is 1.84. The Labute approximate surface area is 146 Å². The van der Waals surface area contributed by atoms with Gasteiger partial charge in [-0.25, -0.2) is 4.39 Å². The van der Waals surface area contributed by atoms with Crippen LogP contribution < -0.4 is 5.32 Å². The molecule has 1 saturated heterocycles. The number of hydrogen-bond acceptors (Lipinski definition) is 3. The van der Waals surface area contributed by atoms with Gasteiger partial charge in [0.15, 0.2) is 5.78 Å². The first-order chi connectivity index (χ1) is 12.1. The Kier molecular flexibility index (Phi) is 5.24. The quantitative estimate of drug-likeness (QED) is 0.871. The van der Waals surface area contributed by atoms with E-state index >= 15 is 0 Å². The molecule has 3 rings (SSSR count). The van der Waals surface area contributed by atoms with Crippen LogP contribution in [0, 0.1) is 5.82 Å². The number of rotatable bonds is 4. The summed E-state index contributed by atoms with van der Waals surface area (Å²) in [6.45, 7) is 1.34. The van der Waals surface area contributed by atoms with E-state index in [0.717, 1.165) is 12.8 Å². The molecule has 0 radical (unpaired) electrons. The molecule has 0 aromatic heterocycles. The number of hydrogen-bond donors (Lipinski definition) is 1. The highest BCUT2D eigenvalue weighted by Crippen LogP contribution is 2.19. The van der Waals surface area contributed by atoms with Gasteiger partial charge < -0.3 is 10.2 Å². The topological polar surface area (TPSA) is 49.4 Å². The van der Waals surface area contributed by atoms with E-state index < -0.39 is 5.82 Å². The first-order valence-electron chi connectivity index (χ1n) is 8.46. The molecule has 0 atom stereocenters. The van der Waals surface area contributed by atoms with Crippen LogP contribution in [0.1, 0.15) is 39.1 Å². The Morgan fingerprint density at radius 3 is 2.20 bits per heavy atom. The van der Waals surface area contributed by atoms with Crippen LogP contribution in [0.2, 0.25) is 0 Å². The van der Waals surface area contributed by atoms with E-state index in [1.807, 2.05) is 7.05 Å². The maximum atomic E-state index is 13.1. The summed E-state index contributed by atoms with van der Waals surface area (Å²) in [5, 5.41) is 3.24. The van der Waals surface area contributed by atoms with Crippen molar-refractivity contribution in [1.29, 1.82) is 0 Å². The van der Waals surface area contributed by atoms with Crippen molar-refractivity contribution < 1.29 is 14.0 Å². The van der Waals surface area contributed by atoms with Gasteiger partial charge in [0.25, 0.3) is 5.91 Å². The minimum absolute atomic E-state index is 0.124. The molecule has 2 aromatic rings. The molecule has 0 spiro atoms. The zero-order valence-electron chi connectivity index (χ0n) is 14.2. The molecule has 130 valence electrons. The van der Waals surface area contributed by atoms with Crippen molar-refractivity contribution in [3.63, 3.8) is 0 Å². The Morgan fingerprint density at radius 1 is 1.00 bits per heavy atom. The molecule has 1 aliphatic heterocycles. The molecule has 1 N–H and O–H groups in total. The second-order valence-corrected chi connectivity index (χ2v) is 6.24. The Morgan fingerprint density at radius 2 is 1.60 bits per heavy atom. The molecule has 25 heavy (non-hydrogen) atoms. The second kappa shape index (κ2) is 7.57. The highest BCUT2D eigenvalue weighted by Gasteiger charge is 2.26. The normalized spacial score (nSPS) is 15.2.